The lowest BCUT2D eigenvalue weighted by Crippen LogP contribution is -2.56. The highest BCUT2D eigenvalue weighted by Crippen LogP contribution is 2.42. The van der Waals surface area contributed by atoms with Crippen LogP contribution in [-0.4, -0.2) is 50.4 Å². The van der Waals surface area contributed by atoms with E-state index in [0.29, 0.717) is 19.7 Å². The van der Waals surface area contributed by atoms with E-state index in [-0.39, 0.29) is 11.7 Å². The van der Waals surface area contributed by atoms with Crippen molar-refractivity contribution in [1.82, 2.24) is 4.90 Å². The van der Waals surface area contributed by atoms with Crippen LogP contribution in [0.2, 0.25) is 0 Å². The normalized spacial score (nSPS) is 17.6. The Morgan fingerprint density at radius 1 is 1.14 bits per heavy atom. The maximum atomic E-state index is 12.4. The van der Waals surface area contributed by atoms with Crippen LogP contribution in [0.15, 0.2) is 48.5 Å². The summed E-state index contributed by atoms with van der Waals surface area (Å²) in [6, 6.07) is 15.7. The molecule has 148 valence electrons. The van der Waals surface area contributed by atoms with Gasteiger partial charge in [0, 0.05) is 39.0 Å². The van der Waals surface area contributed by atoms with Gasteiger partial charge in [-0.3, -0.25) is 0 Å². The number of carbonyl (C=O) groups excluding carboxylic acids is 1. The minimum atomic E-state index is -0.287. The fraction of sp³-hybridized carbons (Fsp3) is 0.409. The summed E-state index contributed by atoms with van der Waals surface area (Å²) in [5.41, 5.74) is 1.77. The molecule has 2 aromatic rings. The molecule has 0 aromatic heterocycles. The fourth-order valence-corrected chi connectivity index (χ4v) is 3.97. The van der Waals surface area contributed by atoms with E-state index in [1.165, 1.54) is 0 Å². The van der Waals surface area contributed by atoms with Gasteiger partial charge in [-0.25, -0.2) is 4.79 Å². The summed E-state index contributed by atoms with van der Waals surface area (Å²) < 4.78 is 17.2. The highest BCUT2D eigenvalue weighted by atomic mass is 16.6. The number of hydrogen-bond acceptors (Lipinski definition) is 5. The van der Waals surface area contributed by atoms with Crippen molar-refractivity contribution in [2.24, 2.45) is 0 Å². The van der Waals surface area contributed by atoms with Crippen molar-refractivity contribution in [3.8, 4) is 11.5 Å². The molecule has 0 radical (unpaired) electrons. The van der Waals surface area contributed by atoms with Crippen LogP contribution in [0, 0.1) is 0 Å². The summed E-state index contributed by atoms with van der Waals surface area (Å²) in [4.78, 5) is 16.4. The van der Waals surface area contributed by atoms with Gasteiger partial charge in [0.1, 0.15) is 23.7 Å². The molecule has 6 heteroatoms. The second kappa shape index (κ2) is 7.62. The Bertz CT molecular complexity index is 832. The number of piperidine rings is 1. The zero-order chi connectivity index (χ0) is 19.6. The Kier molecular flexibility index (Phi) is 5.03. The van der Waals surface area contributed by atoms with Crippen LogP contribution in [0.1, 0.15) is 18.4 Å². The second-order valence-electron chi connectivity index (χ2n) is 7.50. The largest absolute Gasteiger partial charge is 0.497 e. The summed E-state index contributed by atoms with van der Waals surface area (Å²) in [5.74, 6) is 1.62. The zero-order valence-corrected chi connectivity index (χ0v) is 16.4. The molecule has 4 rings (SSSR count). The third-order valence-electron chi connectivity index (χ3n) is 5.57. The van der Waals surface area contributed by atoms with Crippen LogP contribution in [0.3, 0.4) is 0 Å². The third-order valence-corrected chi connectivity index (χ3v) is 5.57. The molecule has 0 bridgehead atoms. The van der Waals surface area contributed by atoms with E-state index < -0.39 is 0 Å². The Labute approximate surface area is 165 Å². The van der Waals surface area contributed by atoms with Gasteiger partial charge in [-0.05, 0) is 17.7 Å². The molecule has 0 atom stereocenters. The predicted octanol–water partition coefficient (Wildman–Crippen LogP) is 3.70. The van der Waals surface area contributed by atoms with Crippen LogP contribution in [0.5, 0.6) is 11.5 Å². The first-order chi connectivity index (χ1) is 13.6. The number of fused-ring (bicyclic) bond motifs is 1. The molecule has 0 N–H and O–H groups in total. The molecule has 0 aliphatic carbocycles. The summed E-state index contributed by atoms with van der Waals surface area (Å²) >= 11 is 0. The number of hydrogen-bond donors (Lipinski definition) is 0. The van der Waals surface area contributed by atoms with Crippen molar-refractivity contribution < 1.29 is 19.0 Å². The number of nitrogens with zero attached hydrogens (tertiary/aromatic N) is 2. The molecule has 1 saturated heterocycles. The Hall–Kier alpha value is -2.89. The van der Waals surface area contributed by atoms with Crippen LogP contribution in [0.25, 0.3) is 0 Å². The van der Waals surface area contributed by atoms with Gasteiger partial charge >= 0.3 is 6.09 Å². The van der Waals surface area contributed by atoms with Gasteiger partial charge in [0.05, 0.1) is 19.3 Å². The lowest BCUT2D eigenvalue weighted by molar-refractivity contribution is -0.000860. The number of anilines is 1. The molecule has 0 unspecified atom stereocenters. The molecule has 2 aromatic carbocycles. The molecular weight excluding hydrogens is 356 g/mol. The molecule has 1 fully saturated rings. The SMILES string of the molecule is COc1ccc2c(c1)OC1(CCN(C(=O)OCc3ccccc3)CC1)CN2C. The number of methoxy groups -OCH3 is 1. The van der Waals surface area contributed by atoms with Gasteiger partial charge in [0.2, 0.25) is 0 Å². The number of likely N-dealkylation sites (tertiary alicyclic amines) is 1. The predicted molar refractivity (Wildman–Crippen MR) is 107 cm³/mol. The first kappa shape index (κ1) is 18.5. The fourth-order valence-electron chi connectivity index (χ4n) is 3.97. The van der Waals surface area contributed by atoms with Gasteiger partial charge in [0.15, 0.2) is 0 Å². The number of amides is 1. The highest BCUT2D eigenvalue weighted by molar-refractivity contribution is 5.68. The quantitative estimate of drug-likeness (QED) is 0.810. The molecular formula is C22H26N2O4. The highest BCUT2D eigenvalue weighted by Gasteiger charge is 2.42. The number of benzene rings is 2. The second-order valence-corrected chi connectivity index (χ2v) is 7.50. The smallest absolute Gasteiger partial charge is 0.410 e. The van der Waals surface area contributed by atoms with Crippen molar-refractivity contribution in [1.29, 1.82) is 0 Å². The lowest BCUT2D eigenvalue weighted by atomic mass is 9.89. The lowest BCUT2D eigenvalue weighted by Gasteiger charge is -2.47. The summed E-state index contributed by atoms with van der Waals surface area (Å²) in [6.07, 6.45) is 1.29. The van der Waals surface area contributed by atoms with Crippen LogP contribution >= 0.6 is 0 Å². The third kappa shape index (κ3) is 3.72. The van der Waals surface area contributed by atoms with E-state index in [1.807, 2.05) is 48.5 Å². The number of rotatable bonds is 3. The van der Waals surface area contributed by atoms with Crippen molar-refractivity contribution in [2.75, 3.05) is 38.7 Å². The van der Waals surface area contributed by atoms with Gasteiger partial charge in [-0.2, -0.15) is 0 Å². The summed E-state index contributed by atoms with van der Waals surface area (Å²) in [7, 11) is 3.74. The van der Waals surface area contributed by atoms with Crippen LogP contribution in [-0.2, 0) is 11.3 Å². The molecule has 2 aliphatic rings. The summed E-state index contributed by atoms with van der Waals surface area (Å²) in [6.45, 7) is 2.36. The molecule has 1 amide bonds. The minimum absolute atomic E-state index is 0.259. The van der Waals surface area contributed by atoms with Gasteiger partial charge < -0.3 is 24.0 Å². The molecule has 28 heavy (non-hydrogen) atoms. The van der Waals surface area contributed by atoms with E-state index in [9.17, 15) is 4.79 Å². The van der Waals surface area contributed by atoms with Gasteiger partial charge in [-0.1, -0.05) is 30.3 Å². The Morgan fingerprint density at radius 3 is 2.61 bits per heavy atom. The number of carbonyl (C=O) groups is 1. The minimum Gasteiger partial charge on any atom is -0.497 e. The van der Waals surface area contributed by atoms with Crippen LogP contribution < -0.4 is 14.4 Å². The van der Waals surface area contributed by atoms with E-state index in [4.69, 9.17) is 14.2 Å². The van der Waals surface area contributed by atoms with Crippen molar-refractivity contribution in [2.45, 2.75) is 25.0 Å². The van der Waals surface area contributed by atoms with E-state index in [0.717, 1.165) is 42.1 Å². The molecule has 1 spiro atoms. The average Bonchev–Trinajstić information content (AvgIpc) is 2.73. The Balaban J connectivity index is 1.37. The standard InChI is InChI=1S/C22H26N2O4/c1-23-16-22(28-20-14-18(26-2)8-9-19(20)23)10-12-24(13-11-22)21(25)27-15-17-6-4-3-5-7-17/h3-9,14H,10-13,15-16H2,1-2H3. The van der Waals surface area contributed by atoms with Crippen LogP contribution in [0.4, 0.5) is 10.5 Å². The zero-order valence-electron chi connectivity index (χ0n) is 16.4. The molecule has 2 heterocycles. The van der Waals surface area contributed by atoms with Crippen molar-refractivity contribution >= 4 is 11.8 Å². The monoisotopic (exact) mass is 382 g/mol. The molecule has 0 saturated carbocycles. The van der Waals surface area contributed by atoms with Gasteiger partial charge in [-0.15, -0.1) is 0 Å². The average molecular weight is 382 g/mol. The first-order valence-electron chi connectivity index (χ1n) is 9.62. The maximum absolute atomic E-state index is 12.4. The van der Waals surface area contributed by atoms with Gasteiger partial charge in [0.25, 0.3) is 0 Å². The topological polar surface area (TPSA) is 51.2 Å². The van der Waals surface area contributed by atoms with E-state index >= 15 is 0 Å². The van der Waals surface area contributed by atoms with E-state index in [2.05, 4.69) is 11.9 Å². The molecule has 6 nitrogen and oxygen atoms in total. The first-order valence-corrected chi connectivity index (χ1v) is 9.62. The number of likely N-dealkylation sites (N-methyl/N-ethyl adjacent to an activating group) is 1. The van der Waals surface area contributed by atoms with Crippen molar-refractivity contribution in [3.63, 3.8) is 0 Å². The maximum Gasteiger partial charge on any atom is 0.410 e. The molecule has 2 aliphatic heterocycles. The van der Waals surface area contributed by atoms with Crippen molar-refractivity contribution in [3.05, 3.63) is 54.1 Å². The van der Waals surface area contributed by atoms with E-state index in [1.54, 1.807) is 12.0 Å². The summed E-state index contributed by atoms with van der Waals surface area (Å²) in [5, 5.41) is 0. The number of ether oxygens (including phenoxy) is 3. The Morgan fingerprint density at radius 2 is 1.89 bits per heavy atom.